The molecule has 0 unspecified atom stereocenters. The van der Waals surface area contributed by atoms with E-state index in [1.54, 1.807) is 97.1 Å². The number of rotatable bonds is 65. The smallest absolute Gasteiger partial charge is 0.343 e. The van der Waals surface area contributed by atoms with Crippen molar-refractivity contribution >= 4 is 59.6 Å². The number of esters is 8. The van der Waals surface area contributed by atoms with E-state index in [1.165, 1.54) is 24.3 Å². The number of aryl methyl sites for hydroxylation is 2. The minimum absolute atomic E-state index is 0.0353. The number of benzene rings is 6. The lowest BCUT2D eigenvalue weighted by atomic mass is 9.98. The van der Waals surface area contributed by atoms with Gasteiger partial charge in [0.05, 0.1) is 86.2 Å². The van der Waals surface area contributed by atoms with Gasteiger partial charge in [-0.1, -0.05) is 168 Å². The minimum Gasteiger partial charge on any atom is -0.494 e. The molecule has 6 rings (SSSR count). The quantitative estimate of drug-likeness (QED) is 0.0118. The molecule has 6 aromatic rings. The van der Waals surface area contributed by atoms with Gasteiger partial charge >= 0.3 is 47.8 Å². The van der Waals surface area contributed by atoms with Crippen LogP contribution in [0.15, 0.2) is 172 Å². The monoisotopic (exact) mass is 1650 g/mol. The molecule has 0 aromatic heterocycles. The van der Waals surface area contributed by atoms with E-state index in [-0.39, 0.29) is 69.2 Å². The average molecular weight is 1650 g/mol. The van der Waals surface area contributed by atoms with Gasteiger partial charge in [-0.05, 0) is 210 Å². The van der Waals surface area contributed by atoms with Crippen LogP contribution >= 0.6 is 0 Å². The van der Waals surface area contributed by atoms with E-state index in [9.17, 15) is 47.9 Å². The highest BCUT2D eigenvalue weighted by atomic mass is 16.6. The van der Waals surface area contributed by atoms with Crippen molar-refractivity contribution in [1.82, 2.24) is 0 Å². The normalized spacial score (nSPS) is 10.8. The number of carbonyl (C=O) groups is 10. The Hall–Kier alpha value is -11.8. The number of nitrogens with two attached hydrogens (primary N) is 2. The fourth-order valence-corrected chi connectivity index (χ4v) is 12.8. The fraction of sp³-hybridized carbons (Fsp3) is 0.438. The van der Waals surface area contributed by atoms with E-state index in [0.717, 1.165) is 204 Å². The second-order valence-corrected chi connectivity index (χ2v) is 29.0. The first kappa shape index (κ1) is 97.0. The van der Waals surface area contributed by atoms with Crippen molar-refractivity contribution in [3.63, 3.8) is 0 Å². The first-order chi connectivity index (χ1) is 58.4. The number of hydrogen-bond acceptors (Lipinski definition) is 22. The number of unbranched alkanes of at least 4 members (excludes halogenated alkanes) is 27. The lowest BCUT2D eigenvalue weighted by Gasteiger charge is -2.17. The number of amides is 2. The van der Waals surface area contributed by atoms with Gasteiger partial charge in [-0.25, -0.2) is 38.4 Å². The molecule has 0 bridgehead atoms. The van der Waals surface area contributed by atoms with Crippen LogP contribution in [0.3, 0.4) is 0 Å². The first-order valence-electron chi connectivity index (χ1n) is 42.3. The van der Waals surface area contributed by atoms with Crippen molar-refractivity contribution < 1.29 is 105 Å². The van der Waals surface area contributed by atoms with Gasteiger partial charge in [0.1, 0.15) is 46.0 Å². The van der Waals surface area contributed by atoms with Crippen molar-refractivity contribution in [3.8, 4) is 46.0 Å². The van der Waals surface area contributed by atoms with Gasteiger partial charge in [0.2, 0.25) is 0 Å². The van der Waals surface area contributed by atoms with Crippen LogP contribution < -0.4 is 49.4 Å². The van der Waals surface area contributed by atoms with Crippen LogP contribution in [0, 0.1) is 0 Å². The van der Waals surface area contributed by atoms with Crippen molar-refractivity contribution in [3.05, 3.63) is 216 Å². The van der Waals surface area contributed by atoms with Crippen LogP contribution in [0.4, 0.5) is 0 Å². The van der Waals surface area contributed by atoms with E-state index in [2.05, 4.69) is 26.3 Å². The Kier molecular flexibility index (Phi) is 47.0. The molecule has 0 aliphatic heterocycles. The van der Waals surface area contributed by atoms with Gasteiger partial charge in [-0.3, -0.25) is 9.59 Å². The molecule has 0 saturated heterocycles. The maximum Gasteiger partial charge on any atom is 0.343 e. The molecule has 6 aromatic carbocycles. The zero-order valence-electron chi connectivity index (χ0n) is 69.5. The third-order valence-corrected chi connectivity index (χ3v) is 19.5. The Morgan fingerprint density at radius 2 is 0.442 bits per heavy atom. The summed E-state index contributed by atoms with van der Waals surface area (Å²) < 4.78 is 68.1. The molecule has 0 radical (unpaired) electrons. The van der Waals surface area contributed by atoms with Gasteiger partial charge < -0.3 is 68.3 Å². The molecule has 646 valence electrons. The molecular weight excluding hydrogens is 1530 g/mol. The lowest BCUT2D eigenvalue weighted by Crippen LogP contribution is -2.18. The summed E-state index contributed by atoms with van der Waals surface area (Å²) in [4.78, 5) is 128. The highest BCUT2D eigenvalue weighted by molar-refractivity contribution is 6.01. The summed E-state index contributed by atoms with van der Waals surface area (Å²) >= 11 is 0. The Balaban J connectivity index is 1.13. The van der Waals surface area contributed by atoms with Gasteiger partial charge in [0.15, 0.2) is 0 Å². The maximum absolute atomic E-state index is 14.1. The SMILES string of the molecule is C=CC(=O)OCCCCCCCCCOc1ccc(C(=O)Oc2cc(CCCCCCc3cc(OC(=O)c4ccc(OCCCCCCCCCOC(=O)C=C)cc4)cc(C(N)=O)c3OC(=O)c3ccc(OCCCCCCCCCOC(=O)C=C)cc3)c(OC(=O)c3ccc(OCCCCCCCCCOC(=O)C=C)cc3)c(C(N)=O)c2)cc1. The van der Waals surface area contributed by atoms with Gasteiger partial charge in [-0.15, -0.1) is 0 Å². The van der Waals surface area contributed by atoms with Crippen molar-refractivity contribution in [1.29, 1.82) is 0 Å². The molecule has 24 heteroatoms. The molecule has 120 heavy (non-hydrogen) atoms. The Morgan fingerprint density at radius 1 is 0.242 bits per heavy atom. The number of primary amides is 2. The largest absolute Gasteiger partial charge is 0.494 e. The van der Waals surface area contributed by atoms with Gasteiger partial charge in [0, 0.05) is 24.3 Å². The maximum atomic E-state index is 14.1. The molecule has 0 atom stereocenters. The predicted molar refractivity (Wildman–Crippen MR) is 457 cm³/mol. The van der Waals surface area contributed by atoms with Crippen LogP contribution in [0.2, 0.25) is 0 Å². The van der Waals surface area contributed by atoms with E-state index >= 15 is 0 Å². The zero-order valence-corrected chi connectivity index (χ0v) is 69.5. The van der Waals surface area contributed by atoms with Crippen LogP contribution in [0.1, 0.15) is 279 Å². The standard InChI is InChI=1S/C96H120N2O22/c1-5-85(99)113-63-37-27-17-9-13-23-33-59-109-77-51-43-71(44-52-77)93(105)117-81-67-75(89(83(69-81)91(97)103)119-95(107)73-47-55-79(56-48-73)111-61-35-25-15-11-19-29-39-65-115-87(101)7-3)41-31-21-22-32-42-76-68-82(118-94(106)72-45-53-78(54-46-72)110-60-34-24-14-10-18-28-38-64-114-86(100)6-2)70-84(92(98)104)90(76)120-96(108)74-49-57-80(58-50-74)112-62-36-26-16-12-20-30-40-66-116-88(102)8-4/h5-8,43-58,67-70H,1-4,9-42,59-66H2,(H2,97,103)(H2,98,104). The molecule has 0 spiro atoms. The van der Waals surface area contributed by atoms with E-state index in [0.29, 0.717) is 113 Å². The number of ether oxygens (including phenoxy) is 12. The summed E-state index contributed by atoms with van der Waals surface area (Å²) in [6.07, 6.45) is 33.5. The molecule has 4 N–H and O–H groups in total. The molecule has 0 aliphatic carbocycles. The fourth-order valence-electron chi connectivity index (χ4n) is 12.8. The van der Waals surface area contributed by atoms with Gasteiger partial charge in [0.25, 0.3) is 11.8 Å². The van der Waals surface area contributed by atoms with Crippen LogP contribution in [-0.2, 0) is 51.0 Å². The van der Waals surface area contributed by atoms with Gasteiger partial charge in [-0.2, -0.15) is 0 Å². The Morgan fingerprint density at radius 3 is 0.658 bits per heavy atom. The second kappa shape index (κ2) is 58.1. The third kappa shape index (κ3) is 39.2. The predicted octanol–water partition coefficient (Wildman–Crippen LogP) is 19.5. The summed E-state index contributed by atoms with van der Waals surface area (Å²) in [5, 5.41) is 0. The Bertz CT molecular complexity index is 3940. The highest BCUT2D eigenvalue weighted by Gasteiger charge is 2.26. The topological polar surface area (TPSA) is 333 Å². The van der Waals surface area contributed by atoms with E-state index < -0.39 is 59.6 Å². The molecular formula is C96H120N2O22. The summed E-state index contributed by atoms with van der Waals surface area (Å²) in [7, 11) is 0. The zero-order chi connectivity index (χ0) is 86.2. The first-order valence-corrected chi connectivity index (χ1v) is 42.3. The number of hydrogen-bond donors (Lipinski definition) is 2. The summed E-state index contributed by atoms with van der Waals surface area (Å²) in [5.74, 6) is -4.76. The summed E-state index contributed by atoms with van der Waals surface area (Å²) in [6.45, 7) is 17.0. The molecule has 0 fully saturated rings. The summed E-state index contributed by atoms with van der Waals surface area (Å²) in [6, 6.07) is 31.4. The highest BCUT2D eigenvalue weighted by Crippen LogP contribution is 2.36. The lowest BCUT2D eigenvalue weighted by molar-refractivity contribution is -0.138. The number of carbonyl (C=O) groups excluding carboxylic acids is 10. The van der Waals surface area contributed by atoms with Crippen molar-refractivity contribution in [2.45, 2.75) is 218 Å². The van der Waals surface area contributed by atoms with Crippen molar-refractivity contribution in [2.75, 3.05) is 52.9 Å². The molecule has 24 nitrogen and oxygen atoms in total. The van der Waals surface area contributed by atoms with Crippen molar-refractivity contribution in [2.24, 2.45) is 11.5 Å². The second-order valence-electron chi connectivity index (χ2n) is 29.0. The Labute approximate surface area is 706 Å². The molecule has 0 saturated carbocycles. The van der Waals surface area contributed by atoms with E-state index in [4.69, 9.17) is 68.3 Å². The van der Waals surface area contributed by atoms with E-state index in [1.807, 2.05) is 0 Å². The third-order valence-electron chi connectivity index (χ3n) is 19.5. The minimum atomic E-state index is -0.957. The van der Waals surface area contributed by atoms with Crippen LogP contribution in [-0.4, -0.2) is 112 Å². The van der Waals surface area contributed by atoms with Crippen LogP contribution in [0.5, 0.6) is 46.0 Å². The molecule has 2 amide bonds. The average Bonchev–Trinajstić information content (AvgIpc) is 0.804. The van der Waals surface area contributed by atoms with Crippen LogP contribution in [0.25, 0.3) is 0 Å². The summed E-state index contributed by atoms with van der Waals surface area (Å²) in [5.41, 5.74) is 13.0. The molecule has 0 heterocycles. The molecule has 0 aliphatic rings.